The van der Waals surface area contributed by atoms with Gasteiger partial charge in [0, 0.05) is 44.0 Å². The molecule has 6 nitrogen and oxygen atoms in total. The number of aromatic nitrogens is 6. The first-order valence-corrected chi connectivity index (χ1v) is 24.3. The number of fused-ring (bicyclic) bond motifs is 7. The summed E-state index contributed by atoms with van der Waals surface area (Å²) in [5.41, 5.74) is 17.4. The lowest BCUT2D eigenvalue weighted by atomic mass is 9.96. The highest BCUT2D eigenvalue weighted by atomic mass is 15.0. The van der Waals surface area contributed by atoms with Gasteiger partial charge in [-0.25, -0.2) is 19.9 Å². The second-order valence-corrected chi connectivity index (χ2v) is 18.2. The van der Waals surface area contributed by atoms with E-state index < -0.39 is 0 Å². The monoisotopic (exact) mass is 918 g/mol. The fourth-order valence-electron chi connectivity index (χ4n) is 10.6. The van der Waals surface area contributed by atoms with Crippen molar-refractivity contribution in [3.63, 3.8) is 0 Å². The van der Waals surface area contributed by atoms with E-state index in [2.05, 4.69) is 221 Å². The molecule has 6 aromatic heterocycles. The maximum atomic E-state index is 5.41. The first kappa shape index (κ1) is 41.2. The van der Waals surface area contributed by atoms with E-state index in [1.54, 1.807) is 0 Å². The lowest BCUT2D eigenvalue weighted by Crippen LogP contribution is -1.97. The Morgan fingerprint density at radius 3 is 1.08 bits per heavy atom. The minimum absolute atomic E-state index is 0.747. The Bertz CT molecular complexity index is 4320. The molecule has 0 unspecified atom stereocenters. The van der Waals surface area contributed by atoms with Crippen LogP contribution in [0.3, 0.4) is 0 Å². The summed E-state index contributed by atoms with van der Waals surface area (Å²) in [6.45, 7) is 0. The van der Waals surface area contributed by atoms with E-state index in [0.29, 0.717) is 0 Å². The summed E-state index contributed by atoms with van der Waals surface area (Å²) in [6, 6.07) is 89.5. The Morgan fingerprint density at radius 2 is 0.569 bits per heavy atom. The van der Waals surface area contributed by atoms with Crippen molar-refractivity contribution in [1.29, 1.82) is 0 Å². The number of para-hydroxylation sites is 4. The summed E-state index contributed by atoms with van der Waals surface area (Å²) in [4.78, 5) is 21.1. The first-order valence-electron chi connectivity index (χ1n) is 24.3. The molecule has 72 heavy (non-hydrogen) atoms. The van der Waals surface area contributed by atoms with Gasteiger partial charge in [-0.3, -0.25) is 0 Å². The highest BCUT2D eigenvalue weighted by molar-refractivity contribution is 6.10. The second-order valence-electron chi connectivity index (χ2n) is 18.2. The van der Waals surface area contributed by atoms with Gasteiger partial charge in [-0.2, -0.15) is 0 Å². The maximum Gasteiger partial charge on any atom is 0.0900 e. The highest BCUT2D eigenvalue weighted by Gasteiger charge is 2.18. The van der Waals surface area contributed by atoms with Crippen LogP contribution in [0.2, 0.25) is 0 Å². The minimum atomic E-state index is 0.747. The summed E-state index contributed by atoms with van der Waals surface area (Å²) in [6.07, 6.45) is 0. The maximum absolute atomic E-state index is 5.41. The Balaban J connectivity index is 0.841. The van der Waals surface area contributed by atoms with E-state index in [9.17, 15) is 0 Å². The molecule has 0 aliphatic heterocycles. The normalized spacial score (nSPS) is 11.6. The Kier molecular flexibility index (Phi) is 9.74. The number of hydrogen-bond acceptors (Lipinski definition) is 4. The van der Waals surface area contributed by atoms with Gasteiger partial charge in [-0.15, -0.1) is 0 Å². The van der Waals surface area contributed by atoms with Crippen LogP contribution in [0, 0.1) is 0 Å². The molecule has 0 saturated heterocycles. The average Bonchev–Trinajstić information content (AvgIpc) is 3.98. The molecule has 6 heterocycles. The largest absolute Gasteiger partial charge is 0.309 e. The smallest absolute Gasteiger partial charge is 0.0900 e. The summed E-state index contributed by atoms with van der Waals surface area (Å²) >= 11 is 0. The van der Waals surface area contributed by atoms with Crippen molar-refractivity contribution < 1.29 is 0 Å². The van der Waals surface area contributed by atoms with Crippen LogP contribution in [0.4, 0.5) is 0 Å². The summed E-state index contributed by atoms with van der Waals surface area (Å²) in [7, 11) is 0. The predicted molar refractivity (Wildman–Crippen MR) is 296 cm³/mol. The van der Waals surface area contributed by atoms with Crippen molar-refractivity contribution in [2.45, 2.75) is 0 Å². The van der Waals surface area contributed by atoms with Crippen molar-refractivity contribution in [3.05, 3.63) is 255 Å². The molecule has 14 aromatic rings. The molecule has 0 saturated carbocycles. The van der Waals surface area contributed by atoms with E-state index in [0.717, 1.165) is 90.2 Å². The third-order valence-corrected chi connectivity index (χ3v) is 13.9. The Morgan fingerprint density at radius 1 is 0.222 bits per heavy atom. The lowest BCUT2D eigenvalue weighted by molar-refractivity contribution is 1.17. The van der Waals surface area contributed by atoms with Gasteiger partial charge in [0.25, 0.3) is 0 Å². The molecule has 0 aliphatic carbocycles. The third kappa shape index (κ3) is 7.04. The zero-order valence-corrected chi connectivity index (χ0v) is 38.9. The van der Waals surface area contributed by atoms with Crippen molar-refractivity contribution in [3.8, 4) is 79.2 Å². The second kappa shape index (κ2) is 17.0. The van der Waals surface area contributed by atoms with Crippen LogP contribution in [-0.2, 0) is 0 Å². The van der Waals surface area contributed by atoms with E-state index in [4.69, 9.17) is 19.9 Å². The summed E-state index contributed by atoms with van der Waals surface area (Å²) in [5.74, 6) is 0. The van der Waals surface area contributed by atoms with Gasteiger partial charge in [-0.1, -0.05) is 158 Å². The minimum Gasteiger partial charge on any atom is -0.309 e. The van der Waals surface area contributed by atoms with Gasteiger partial charge < -0.3 is 9.13 Å². The number of nitrogens with zero attached hydrogens (tertiary/aromatic N) is 6. The standard InChI is InChI=1S/C66H42N6/c1-2-23-49-43(17-1)18-13-28-50(49)46-41-61(45-20-12-22-48(40-45)72-65-37-9-5-26-53(65)54-27-6-10-38-66(54)72)70-62(42-46)60-34-16-33-59(69-60)58-32-15-31-57(68-58)56-30-14-29-55(67-56)44-19-11-21-47(39-44)71-63-35-7-3-24-51(63)52-25-4-8-36-64(52)71/h1-42H. The number of hydrogen-bond donors (Lipinski definition) is 0. The van der Waals surface area contributed by atoms with E-state index in [1.165, 1.54) is 43.4 Å². The average molecular weight is 919 g/mol. The first-order chi connectivity index (χ1) is 35.7. The number of pyridine rings is 4. The molecule has 336 valence electrons. The summed E-state index contributed by atoms with van der Waals surface area (Å²) in [5, 5.41) is 7.28. The van der Waals surface area contributed by atoms with Crippen molar-refractivity contribution in [2.75, 3.05) is 0 Å². The van der Waals surface area contributed by atoms with Crippen LogP contribution in [0.15, 0.2) is 255 Å². The molecule has 8 aromatic carbocycles. The highest BCUT2D eigenvalue weighted by Crippen LogP contribution is 2.38. The SMILES string of the molecule is c1cc(-c2cccc(-c3cccc(-c4cccc(-c5cc(-c6cccc7ccccc67)cc(-c6cccc(-n7c8ccccc8c8ccccc87)c6)n5)n4)n3)n2)cc(-n2c3ccccc3c3ccccc32)c1. The number of rotatable bonds is 8. The molecule has 14 rings (SSSR count). The quantitative estimate of drug-likeness (QED) is 0.152. The molecule has 6 heteroatoms. The van der Waals surface area contributed by atoms with Crippen LogP contribution >= 0.6 is 0 Å². The van der Waals surface area contributed by atoms with Gasteiger partial charge in [0.2, 0.25) is 0 Å². The van der Waals surface area contributed by atoms with Crippen molar-refractivity contribution in [2.24, 2.45) is 0 Å². The number of benzene rings is 8. The van der Waals surface area contributed by atoms with E-state index >= 15 is 0 Å². The van der Waals surface area contributed by atoms with Crippen LogP contribution in [0.1, 0.15) is 0 Å². The van der Waals surface area contributed by atoms with Gasteiger partial charge in [-0.05, 0) is 119 Å². The third-order valence-electron chi connectivity index (χ3n) is 13.9. The van der Waals surface area contributed by atoms with Gasteiger partial charge in [0.05, 0.1) is 67.6 Å². The van der Waals surface area contributed by atoms with E-state index in [-0.39, 0.29) is 0 Å². The molecule has 0 N–H and O–H groups in total. The Labute approximate surface area is 415 Å². The molecule has 0 bridgehead atoms. The molecule has 0 radical (unpaired) electrons. The van der Waals surface area contributed by atoms with Gasteiger partial charge in [0.1, 0.15) is 0 Å². The molecule has 0 spiro atoms. The van der Waals surface area contributed by atoms with Crippen LogP contribution in [-0.4, -0.2) is 29.1 Å². The zero-order chi connectivity index (χ0) is 47.5. The van der Waals surface area contributed by atoms with E-state index in [1.807, 2.05) is 42.5 Å². The molecule has 0 fully saturated rings. The van der Waals surface area contributed by atoms with Gasteiger partial charge >= 0.3 is 0 Å². The van der Waals surface area contributed by atoms with Gasteiger partial charge in [0.15, 0.2) is 0 Å². The molecule has 0 amide bonds. The van der Waals surface area contributed by atoms with Crippen molar-refractivity contribution in [1.82, 2.24) is 29.1 Å². The zero-order valence-electron chi connectivity index (χ0n) is 38.9. The Hall–Kier alpha value is -9.78. The fraction of sp³-hybridized carbons (Fsp3) is 0. The molecule has 0 aliphatic rings. The predicted octanol–water partition coefficient (Wildman–Crippen LogP) is 16.6. The topological polar surface area (TPSA) is 61.4 Å². The summed E-state index contributed by atoms with van der Waals surface area (Å²) < 4.78 is 4.69. The molecule has 0 atom stereocenters. The molecular weight excluding hydrogens is 877 g/mol. The van der Waals surface area contributed by atoms with Crippen molar-refractivity contribution >= 4 is 54.4 Å². The lowest BCUT2D eigenvalue weighted by Gasteiger charge is -2.14. The fourth-order valence-corrected chi connectivity index (χ4v) is 10.6. The van der Waals surface area contributed by atoms with Crippen LogP contribution in [0.25, 0.3) is 134 Å². The van der Waals surface area contributed by atoms with Crippen LogP contribution < -0.4 is 0 Å². The molecular formula is C66H42N6. The van der Waals surface area contributed by atoms with Crippen LogP contribution in [0.5, 0.6) is 0 Å².